The van der Waals surface area contributed by atoms with E-state index in [4.69, 9.17) is 23.2 Å². The average molecular weight is 351 g/mol. The Morgan fingerprint density at radius 2 is 2.00 bits per heavy atom. The number of hydrogen-bond acceptors (Lipinski definition) is 2. The van der Waals surface area contributed by atoms with Crippen LogP contribution in [0.3, 0.4) is 0 Å². The molecular weight excluding hydrogens is 341 g/mol. The van der Waals surface area contributed by atoms with Gasteiger partial charge in [-0.25, -0.2) is 0 Å². The summed E-state index contributed by atoms with van der Waals surface area (Å²) >= 11 is 17.2. The van der Waals surface area contributed by atoms with Crippen LogP contribution >= 0.6 is 50.5 Å². The Morgan fingerprint density at radius 3 is 2.53 bits per heavy atom. The van der Waals surface area contributed by atoms with Crippen LogP contribution in [0.2, 0.25) is 10.0 Å². The summed E-state index contributed by atoms with van der Waals surface area (Å²) < 4.78 is 1.10. The maximum absolute atomic E-state index is 6.05. The standard InChI is InChI=1S/C12H10BrCl2NS/c1-16-12(8-5-17-6-9(8)13)7-2-3-10(14)11(15)4-7/h2-6,12,16H,1H3. The molecule has 0 saturated heterocycles. The van der Waals surface area contributed by atoms with Gasteiger partial charge < -0.3 is 5.32 Å². The second-order valence-corrected chi connectivity index (χ2v) is 5.98. The topological polar surface area (TPSA) is 12.0 Å². The van der Waals surface area contributed by atoms with E-state index in [1.165, 1.54) is 5.56 Å². The van der Waals surface area contributed by atoms with Crippen molar-refractivity contribution in [3.8, 4) is 0 Å². The maximum Gasteiger partial charge on any atom is 0.0595 e. The van der Waals surface area contributed by atoms with Gasteiger partial charge in [0.05, 0.1) is 16.1 Å². The number of rotatable bonds is 3. The number of halogens is 3. The van der Waals surface area contributed by atoms with E-state index in [9.17, 15) is 0 Å². The minimum absolute atomic E-state index is 0.116. The molecule has 1 N–H and O–H groups in total. The zero-order valence-electron chi connectivity index (χ0n) is 9.01. The van der Waals surface area contributed by atoms with Crippen LogP contribution in [0.15, 0.2) is 33.4 Å². The largest absolute Gasteiger partial charge is 0.309 e. The smallest absolute Gasteiger partial charge is 0.0595 e. The van der Waals surface area contributed by atoms with Crippen LogP contribution in [0.1, 0.15) is 17.2 Å². The van der Waals surface area contributed by atoms with Gasteiger partial charge in [-0.05, 0) is 51.6 Å². The summed E-state index contributed by atoms with van der Waals surface area (Å²) in [7, 11) is 1.93. The van der Waals surface area contributed by atoms with E-state index in [2.05, 4.69) is 32.0 Å². The molecule has 0 saturated carbocycles. The van der Waals surface area contributed by atoms with E-state index in [1.807, 2.05) is 25.2 Å². The SMILES string of the molecule is CNC(c1ccc(Cl)c(Cl)c1)c1cscc1Br. The molecule has 0 amide bonds. The zero-order valence-corrected chi connectivity index (χ0v) is 12.9. The fourth-order valence-corrected chi connectivity index (χ4v) is 3.55. The normalized spacial score (nSPS) is 12.7. The van der Waals surface area contributed by atoms with Crippen molar-refractivity contribution in [2.75, 3.05) is 7.05 Å². The highest BCUT2D eigenvalue weighted by molar-refractivity contribution is 9.10. The first-order valence-electron chi connectivity index (χ1n) is 4.97. The quantitative estimate of drug-likeness (QED) is 0.809. The van der Waals surface area contributed by atoms with Crippen LogP contribution < -0.4 is 5.32 Å². The second kappa shape index (κ2) is 5.72. The van der Waals surface area contributed by atoms with Gasteiger partial charge in [0, 0.05) is 9.85 Å². The van der Waals surface area contributed by atoms with Gasteiger partial charge in [0.1, 0.15) is 0 Å². The van der Waals surface area contributed by atoms with Crippen LogP contribution in [0.5, 0.6) is 0 Å². The highest BCUT2D eigenvalue weighted by Gasteiger charge is 2.16. The summed E-state index contributed by atoms with van der Waals surface area (Å²) in [5.74, 6) is 0. The zero-order chi connectivity index (χ0) is 12.4. The first-order valence-corrected chi connectivity index (χ1v) is 7.46. The van der Waals surface area contributed by atoms with Crippen LogP contribution in [0.25, 0.3) is 0 Å². The summed E-state index contributed by atoms with van der Waals surface area (Å²) in [6.45, 7) is 0. The molecule has 1 unspecified atom stereocenters. The number of thiophene rings is 1. The van der Waals surface area contributed by atoms with E-state index in [0.29, 0.717) is 10.0 Å². The lowest BCUT2D eigenvalue weighted by Gasteiger charge is -2.17. The summed E-state index contributed by atoms with van der Waals surface area (Å²) in [5, 5.41) is 8.63. The van der Waals surface area contributed by atoms with Crippen molar-refractivity contribution in [3.05, 3.63) is 54.6 Å². The van der Waals surface area contributed by atoms with E-state index >= 15 is 0 Å². The third kappa shape index (κ3) is 2.85. The molecule has 5 heteroatoms. The first-order chi connectivity index (χ1) is 8.13. The molecule has 1 aromatic heterocycles. The van der Waals surface area contributed by atoms with Crippen LogP contribution in [0, 0.1) is 0 Å². The molecule has 1 heterocycles. The lowest BCUT2D eigenvalue weighted by molar-refractivity contribution is 0.692. The predicted octanol–water partition coefficient (Wildman–Crippen LogP) is 5.13. The molecule has 0 aliphatic heterocycles. The molecule has 2 aromatic rings. The Morgan fingerprint density at radius 1 is 1.24 bits per heavy atom. The van der Waals surface area contributed by atoms with Gasteiger partial charge in [0.15, 0.2) is 0 Å². The van der Waals surface area contributed by atoms with Gasteiger partial charge in [-0.1, -0.05) is 29.3 Å². The average Bonchev–Trinajstić information content (AvgIpc) is 2.71. The van der Waals surface area contributed by atoms with Crippen molar-refractivity contribution in [2.24, 2.45) is 0 Å². The Hall–Kier alpha value is -0.0600. The van der Waals surface area contributed by atoms with Crippen molar-refractivity contribution in [3.63, 3.8) is 0 Å². The molecule has 1 atom stereocenters. The van der Waals surface area contributed by atoms with Crippen LogP contribution in [-0.4, -0.2) is 7.05 Å². The molecule has 0 aliphatic rings. The third-order valence-electron chi connectivity index (χ3n) is 2.52. The lowest BCUT2D eigenvalue weighted by atomic mass is 10.0. The van der Waals surface area contributed by atoms with Crippen molar-refractivity contribution in [1.29, 1.82) is 0 Å². The Balaban J connectivity index is 2.42. The summed E-state index contributed by atoms with van der Waals surface area (Å²) in [4.78, 5) is 0. The van der Waals surface area contributed by atoms with Crippen molar-refractivity contribution in [1.82, 2.24) is 5.32 Å². The third-order valence-corrected chi connectivity index (χ3v) is 5.01. The highest BCUT2D eigenvalue weighted by Crippen LogP contribution is 2.33. The molecule has 0 spiro atoms. The summed E-state index contributed by atoms with van der Waals surface area (Å²) in [5.41, 5.74) is 2.30. The van der Waals surface area contributed by atoms with E-state index < -0.39 is 0 Å². The van der Waals surface area contributed by atoms with Gasteiger partial charge in [-0.2, -0.15) is 11.3 Å². The van der Waals surface area contributed by atoms with Crippen LogP contribution in [-0.2, 0) is 0 Å². The number of hydrogen-bond donors (Lipinski definition) is 1. The minimum atomic E-state index is 0.116. The minimum Gasteiger partial charge on any atom is -0.309 e. The van der Waals surface area contributed by atoms with Crippen LogP contribution in [0.4, 0.5) is 0 Å². The maximum atomic E-state index is 6.05. The number of benzene rings is 1. The van der Waals surface area contributed by atoms with Gasteiger partial charge >= 0.3 is 0 Å². The fourth-order valence-electron chi connectivity index (χ4n) is 1.69. The van der Waals surface area contributed by atoms with Gasteiger partial charge in [0.25, 0.3) is 0 Å². The molecule has 0 aliphatic carbocycles. The van der Waals surface area contributed by atoms with E-state index in [-0.39, 0.29) is 6.04 Å². The van der Waals surface area contributed by atoms with Crippen molar-refractivity contribution in [2.45, 2.75) is 6.04 Å². The Labute approximate surface area is 123 Å². The molecular formula is C12H10BrCl2NS. The van der Waals surface area contributed by atoms with Gasteiger partial charge in [-0.3, -0.25) is 0 Å². The number of nitrogens with one attached hydrogen (secondary N) is 1. The molecule has 0 fully saturated rings. The molecule has 0 radical (unpaired) electrons. The molecule has 17 heavy (non-hydrogen) atoms. The summed E-state index contributed by atoms with van der Waals surface area (Å²) in [6, 6.07) is 5.82. The van der Waals surface area contributed by atoms with Crippen molar-refractivity contribution < 1.29 is 0 Å². The Kier molecular flexibility index (Phi) is 4.50. The van der Waals surface area contributed by atoms with Crippen molar-refractivity contribution >= 4 is 50.5 Å². The monoisotopic (exact) mass is 349 g/mol. The highest BCUT2D eigenvalue weighted by atomic mass is 79.9. The fraction of sp³-hybridized carbons (Fsp3) is 0.167. The molecule has 0 bridgehead atoms. The van der Waals surface area contributed by atoms with E-state index in [1.54, 1.807) is 11.3 Å². The molecule has 90 valence electrons. The molecule has 1 nitrogen and oxygen atoms in total. The van der Waals surface area contributed by atoms with E-state index in [0.717, 1.165) is 10.0 Å². The lowest BCUT2D eigenvalue weighted by Crippen LogP contribution is -2.17. The van der Waals surface area contributed by atoms with Gasteiger partial charge in [0.2, 0.25) is 0 Å². The second-order valence-electron chi connectivity index (χ2n) is 3.57. The summed E-state index contributed by atoms with van der Waals surface area (Å²) in [6.07, 6.45) is 0. The Bertz CT molecular complexity index is 527. The molecule has 1 aromatic carbocycles. The molecule has 2 rings (SSSR count). The first kappa shape index (κ1) is 13.4. The van der Waals surface area contributed by atoms with Gasteiger partial charge in [-0.15, -0.1) is 0 Å². The predicted molar refractivity (Wildman–Crippen MR) is 79.4 cm³/mol.